The number of aromatic nitrogens is 1. The number of nitriles is 1. The molecule has 1 aromatic heterocycles. The molecule has 208 valence electrons. The van der Waals surface area contributed by atoms with Crippen molar-refractivity contribution in [2.24, 2.45) is 0 Å². The Balaban J connectivity index is 1.61. The summed E-state index contributed by atoms with van der Waals surface area (Å²) in [5, 5.41) is 22.2. The molecule has 0 saturated heterocycles. The molecule has 0 aliphatic heterocycles. The zero-order chi connectivity index (χ0) is 29.4. The van der Waals surface area contributed by atoms with Crippen LogP contribution in [0, 0.1) is 11.3 Å². The number of methoxy groups -OCH3 is 1. The van der Waals surface area contributed by atoms with Crippen molar-refractivity contribution in [3.05, 3.63) is 89.6 Å². The average Bonchev–Trinajstić information content (AvgIpc) is 2.94. The molecule has 11 heteroatoms. The van der Waals surface area contributed by atoms with E-state index in [4.69, 9.17) is 16.3 Å². The number of urea groups is 1. The van der Waals surface area contributed by atoms with Gasteiger partial charge in [-0.3, -0.25) is 9.78 Å². The Labute approximate surface area is 242 Å². The minimum Gasteiger partial charge on any atom is -0.494 e. The van der Waals surface area contributed by atoms with Gasteiger partial charge in [-0.2, -0.15) is 5.26 Å². The van der Waals surface area contributed by atoms with E-state index in [2.05, 4.69) is 32.3 Å². The molecule has 0 atom stereocenters. The Hall–Kier alpha value is -5.11. The molecular formula is C30H28ClN7O3. The molecule has 1 heterocycles. The van der Waals surface area contributed by atoms with E-state index in [1.807, 2.05) is 37.2 Å². The van der Waals surface area contributed by atoms with E-state index < -0.39 is 6.03 Å². The van der Waals surface area contributed by atoms with Crippen LogP contribution in [-0.4, -0.2) is 49.6 Å². The lowest BCUT2D eigenvalue weighted by atomic mass is 10.1. The van der Waals surface area contributed by atoms with Crippen LogP contribution in [0.2, 0.25) is 5.02 Å². The van der Waals surface area contributed by atoms with Gasteiger partial charge in [0, 0.05) is 41.6 Å². The standard InChI is InChI=1S/C30H28ClN7O3/c1-38(2)13-7-10-28(39)36-26-15-22-25(16-27(26)41-3)33-18-19(17-32)29(22)34-21-11-12-24(23(31)14-21)37-30(40)35-20-8-5-4-6-9-20/h4-12,14-16,18H,13H2,1-3H3,(H,33,34)(H,36,39)(H2,35,37,40)/b10-7+. The summed E-state index contributed by atoms with van der Waals surface area (Å²) in [6.45, 7) is 0.611. The highest BCUT2D eigenvalue weighted by molar-refractivity contribution is 6.34. The molecular weight excluding hydrogens is 542 g/mol. The van der Waals surface area contributed by atoms with Crippen LogP contribution in [0.4, 0.5) is 33.2 Å². The minimum atomic E-state index is -0.439. The van der Waals surface area contributed by atoms with Gasteiger partial charge in [0.25, 0.3) is 0 Å². The van der Waals surface area contributed by atoms with Gasteiger partial charge in [-0.15, -0.1) is 0 Å². The van der Waals surface area contributed by atoms with Crippen LogP contribution in [0.1, 0.15) is 5.56 Å². The quantitative estimate of drug-likeness (QED) is 0.176. The fourth-order valence-corrected chi connectivity index (χ4v) is 4.12. The lowest BCUT2D eigenvalue weighted by Crippen LogP contribution is -2.19. The number of benzene rings is 3. The predicted molar refractivity (Wildman–Crippen MR) is 163 cm³/mol. The molecule has 0 bridgehead atoms. The lowest BCUT2D eigenvalue weighted by Gasteiger charge is -2.16. The van der Waals surface area contributed by atoms with Crippen molar-refractivity contribution in [1.82, 2.24) is 9.88 Å². The fraction of sp³-hybridized carbons (Fsp3) is 0.133. The number of amides is 3. The largest absolute Gasteiger partial charge is 0.494 e. The summed E-state index contributed by atoms with van der Waals surface area (Å²) in [5.74, 6) is 0.0943. The van der Waals surface area contributed by atoms with Crippen LogP contribution in [0.25, 0.3) is 10.9 Å². The van der Waals surface area contributed by atoms with E-state index in [0.29, 0.717) is 51.6 Å². The molecule has 0 unspecified atom stereocenters. The lowest BCUT2D eigenvalue weighted by molar-refractivity contribution is -0.111. The summed E-state index contributed by atoms with van der Waals surface area (Å²) >= 11 is 6.48. The number of likely N-dealkylation sites (N-methyl/N-ethyl adjacent to an activating group) is 1. The summed E-state index contributed by atoms with van der Waals surface area (Å²) < 4.78 is 5.48. The maximum absolute atomic E-state index is 12.5. The highest BCUT2D eigenvalue weighted by Crippen LogP contribution is 2.37. The molecule has 0 radical (unpaired) electrons. The number of hydrogen-bond donors (Lipinski definition) is 4. The van der Waals surface area contributed by atoms with Gasteiger partial charge in [0.2, 0.25) is 5.91 Å². The van der Waals surface area contributed by atoms with E-state index >= 15 is 0 Å². The van der Waals surface area contributed by atoms with Crippen molar-refractivity contribution in [2.45, 2.75) is 0 Å². The summed E-state index contributed by atoms with van der Waals surface area (Å²) in [5.41, 5.74) is 3.34. The normalized spacial score (nSPS) is 10.8. The molecule has 0 aliphatic carbocycles. The summed E-state index contributed by atoms with van der Waals surface area (Å²) in [7, 11) is 5.31. The number of anilines is 5. The predicted octanol–water partition coefficient (Wildman–Crippen LogP) is 6.21. The van der Waals surface area contributed by atoms with Gasteiger partial charge in [0.05, 0.1) is 40.3 Å². The number of nitrogens with one attached hydrogen (secondary N) is 4. The number of ether oxygens (including phenoxy) is 1. The highest BCUT2D eigenvalue weighted by Gasteiger charge is 2.16. The number of hydrogen-bond acceptors (Lipinski definition) is 7. The van der Waals surface area contributed by atoms with E-state index in [-0.39, 0.29) is 16.5 Å². The van der Waals surface area contributed by atoms with Gasteiger partial charge in [0.1, 0.15) is 11.8 Å². The van der Waals surface area contributed by atoms with E-state index in [1.165, 1.54) is 19.4 Å². The van der Waals surface area contributed by atoms with E-state index in [1.54, 1.807) is 48.5 Å². The average molecular weight is 570 g/mol. The summed E-state index contributed by atoms with van der Waals surface area (Å²) in [4.78, 5) is 31.3. The van der Waals surface area contributed by atoms with Gasteiger partial charge in [-0.1, -0.05) is 35.9 Å². The zero-order valence-corrected chi connectivity index (χ0v) is 23.4. The number of pyridine rings is 1. The fourth-order valence-electron chi connectivity index (χ4n) is 3.90. The van der Waals surface area contributed by atoms with Crippen molar-refractivity contribution < 1.29 is 14.3 Å². The first-order chi connectivity index (χ1) is 19.8. The Morgan fingerprint density at radius 3 is 2.49 bits per heavy atom. The topological polar surface area (TPSA) is 131 Å². The molecule has 10 nitrogen and oxygen atoms in total. The molecule has 41 heavy (non-hydrogen) atoms. The third-order valence-electron chi connectivity index (χ3n) is 5.83. The van der Waals surface area contributed by atoms with Crippen LogP contribution < -0.4 is 26.0 Å². The van der Waals surface area contributed by atoms with Gasteiger partial charge >= 0.3 is 6.03 Å². The first-order valence-corrected chi connectivity index (χ1v) is 12.9. The number of fused-ring (bicyclic) bond motifs is 1. The van der Waals surface area contributed by atoms with E-state index in [0.717, 1.165) is 0 Å². The third kappa shape index (κ3) is 7.51. The monoisotopic (exact) mass is 569 g/mol. The second kappa shape index (κ2) is 13.3. The maximum Gasteiger partial charge on any atom is 0.323 e. The second-order valence-corrected chi connectivity index (χ2v) is 9.55. The van der Waals surface area contributed by atoms with Gasteiger partial charge in [-0.25, -0.2) is 4.79 Å². The first kappa shape index (κ1) is 28.9. The van der Waals surface area contributed by atoms with Crippen LogP contribution >= 0.6 is 11.6 Å². The molecule has 0 fully saturated rings. The Kier molecular flexibility index (Phi) is 9.37. The number of rotatable bonds is 9. The minimum absolute atomic E-state index is 0.284. The Bertz CT molecular complexity index is 1650. The molecule has 0 saturated carbocycles. The molecule has 3 amide bonds. The maximum atomic E-state index is 12.5. The number of carbonyl (C=O) groups is 2. The van der Waals surface area contributed by atoms with Gasteiger partial charge < -0.3 is 30.9 Å². The van der Waals surface area contributed by atoms with Gasteiger partial charge in [0.15, 0.2) is 0 Å². The Morgan fingerprint density at radius 1 is 1.02 bits per heavy atom. The number of carbonyl (C=O) groups excluding carboxylic acids is 2. The van der Waals surface area contributed by atoms with Crippen molar-refractivity contribution in [3.8, 4) is 11.8 Å². The van der Waals surface area contributed by atoms with Crippen LogP contribution in [0.5, 0.6) is 5.75 Å². The van der Waals surface area contributed by atoms with Crippen LogP contribution in [0.15, 0.2) is 79.0 Å². The first-order valence-electron chi connectivity index (χ1n) is 12.5. The van der Waals surface area contributed by atoms with Crippen molar-refractivity contribution in [2.75, 3.05) is 49.0 Å². The zero-order valence-electron chi connectivity index (χ0n) is 22.7. The summed E-state index contributed by atoms with van der Waals surface area (Å²) in [6, 6.07) is 19.1. The molecule has 4 rings (SSSR count). The van der Waals surface area contributed by atoms with E-state index in [9.17, 15) is 14.9 Å². The molecule has 3 aromatic carbocycles. The number of para-hydroxylation sites is 1. The Morgan fingerprint density at radius 2 is 1.80 bits per heavy atom. The smallest absolute Gasteiger partial charge is 0.323 e. The summed E-state index contributed by atoms with van der Waals surface area (Å²) in [6.07, 6.45) is 4.65. The SMILES string of the molecule is COc1cc2ncc(C#N)c(Nc3ccc(NC(=O)Nc4ccccc4)c(Cl)c3)c2cc1NC(=O)/C=C/CN(C)C. The van der Waals surface area contributed by atoms with Crippen LogP contribution in [0.3, 0.4) is 0 Å². The number of nitrogens with zero attached hydrogens (tertiary/aromatic N) is 3. The second-order valence-electron chi connectivity index (χ2n) is 9.15. The van der Waals surface area contributed by atoms with Gasteiger partial charge in [-0.05, 0) is 50.5 Å². The number of halogens is 1. The third-order valence-corrected chi connectivity index (χ3v) is 6.14. The van der Waals surface area contributed by atoms with Crippen molar-refractivity contribution in [1.29, 1.82) is 5.26 Å². The molecule has 4 N–H and O–H groups in total. The van der Waals surface area contributed by atoms with Crippen molar-refractivity contribution in [3.63, 3.8) is 0 Å². The van der Waals surface area contributed by atoms with Crippen molar-refractivity contribution >= 4 is 62.9 Å². The van der Waals surface area contributed by atoms with Crippen LogP contribution in [-0.2, 0) is 4.79 Å². The highest BCUT2D eigenvalue weighted by atomic mass is 35.5. The molecule has 4 aromatic rings. The molecule has 0 aliphatic rings. The molecule has 0 spiro atoms.